The second-order valence-corrected chi connectivity index (χ2v) is 10.1. The molecule has 1 aliphatic carbocycles. The van der Waals surface area contributed by atoms with Crippen molar-refractivity contribution in [3.63, 3.8) is 0 Å². The van der Waals surface area contributed by atoms with Crippen LogP contribution in [0.2, 0.25) is 0 Å². The number of sulfonamides is 1. The minimum absolute atomic E-state index is 0.146. The number of amides is 1. The Bertz CT molecular complexity index is 992. The van der Waals surface area contributed by atoms with E-state index in [1.807, 2.05) is 35.2 Å². The zero-order chi connectivity index (χ0) is 21.3. The first-order valence-electron chi connectivity index (χ1n) is 10.4. The lowest BCUT2D eigenvalue weighted by molar-refractivity contribution is -0.129. The van der Waals surface area contributed by atoms with Gasteiger partial charge in [-0.25, -0.2) is 13.1 Å². The highest BCUT2D eigenvalue weighted by atomic mass is 32.2. The Morgan fingerprint density at radius 3 is 2.47 bits per heavy atom. The molecule has 7 heteroatoms. The monoisotopic (exact) mass is 428 g/mol. The number of fused-ring (bicyclic) bond motifs is 1. The Morgan fingerprint density at radius 1 is 1.10 bits per heavy atom. The maximum Gasteiger partial charge on any atom is 0.240 e. The van der Waals surface area contributed by atoms with Gasteiger partial charge in [0.2, 0.25) is 15.9 Å². The van der Waals surface area contributed by atoms with E-state index in [-0.39, 0.29) is 28.7 Å². The van der Waals surface area contributed by atoms with Crippen LogP contribution in [0.1, 0.15) is 25.3 Å². The molecule has 1 heterocycles. The van der Waals surface area contributed by atoms with Gasteiger partial charge in [0.1, 0.15) is 5.75 Å². The first-order chi connectivity index (χ1) is 14.4. The van der Waals surface area contributed by atoms with E-state index in [0.717, 1.165) is 12.0 Å². The Morgan fingerprint density at radius 2 is 1.80 bits per heavy atom. The molecule has 160 valence electrons. The predicted octanol–water partition coefficient (Wildman–Crippen LogP) is 3.05. The Balaban J connectivity index is 1.43. The number of hydrogen-bond donors (Lipinski definition) is 1. The zero-order valence-electron chi connectivity index (χ0n) is 17.3. The van der Waals surface area contributed by atoms with Gasteiger partial charge in [0.15, 0.2) is 0 Å². The van der Waals surface area contributed by atoms with Gasteiger partial charge in [0.05, 0.1) is 12.0 Å². The van der Waals surface area contributed by atoms with Crippen molar-refractivity contribution in [1.29, 1.82) is 0 Å². The Hall–Kier alpha value is -2.38. The summed E-state index contributed by atoms with van der Waals surface area (Å²) in [5, 5.41) is 0. The minimum Gasteiger partial charge on any atom is -0.497 e. The molecule has 2 aliphatic rings. The third-order valence-electron chi connectivity index (χ3n) is 6.59. The molecule has 2 aromatic carbocycles. The maximum atomic E-state index is 12.7. The van der Waals surface area contributed by atoms with E-state index in [4.69, 9.17) is 4.74 Å². The second kappa shape index (κ2) is 8.40. The number of benzene rings is 2. The molecule has 0 unspecified atom stereocenters. The van der Waals surface area contributed by atoms with Crippen LogP contribution < -0.4 is 9.46 Å². The SMILES string of the molecule is COc1ccc(S(=O)(=O)NC[C@H]2[C@@H]3CC(=O)N(Cc4ccccc4)[C@@H]3C[C@@H]2C)cc1. The molecular formula is C23H28N2O4S. The quantitative estimate of drug-likeness (QED) is 0.736. The number of nitrogens with zero attached hydrogens (tertiary/aromatic N) is 1. The molecule has 4 atom stereocenters. The molecular weight excluding hydrogens is 400 g/mol. The van der Waals surface area contributed by atoms with Crippen molar-refractivity contribution in [3.05, 3.63) is 60.2 Å². The number of likely N-dealkylation sites (tertiary alicyclic amines) is 1. The van der Waals surface area contributed by atoms with Crippen LogP contribution in [-0.4, -0.2) is 38.9 Å². The van der Waals surface area contributed by atoms with Crippen LogP contribution in [0, 0.1) is 17.8 Å². The Kier molecular flexibility index (Phi) is 5.84. The largest absolute Gasteiger partial charge is 0.497 e. The molecule has 2 fully saturated rings. The number of carbonyl (C=O) groups is 1. The van der Waals surface area contributed by atoms with Gasteiger partial charge in [-0.05, 0) is 54.0 Å². The van der Waals surface area contributed by atoms with Gasteiger partial charge in [0, 0.05) is 25.6 Å². The molecule has 0 radical (unpaired) electrons. The summed E-state index contributed by atoms with van der Waals surface area (Å²) in [6, 6.07) is 16.6. The second-order valence-electron chi connectivity index (χ2n) is 8.35. The van der Waals surface area contributed by atoms with Crippen molar-refractivity contribution < 1.29 is 17.9 Å². The van der Waals surface area contributed by atoms with E-state index in [0.29, 0.717) is 31.2 Å². The first kappa shape index (κ1) is 20.9. The standard InChI is InChI=1S/C23H28N2O4S/c1-16-12-22-20(13-23(26)25(22)15-17-6-4-3-5-7-17)21(16)14-24-30(27,28)19-10-8-18(29-2)9-11-19/h3-11,16,20-22,24H,12-15H2,1-2H3/t16-,20-,21+,22+/m0/s1. The molecule has 2 aromatic rings. The first-order valence-corrected chi connectivity index (χ1v) is 11.8. The van der Waals surface area contributed by atoms with E-state index in [2.05, 4.69) is 11.6 Å². The van der Waals surface area contributed by atoms with Gasteiger partial charge in [0.25, 0.3) is 0 Å². The van der Waals surface area contributed by atoms with E-state index in [1.54, 1.807) is 31.4 Å². The molecule has 1 aliphatic heterocycles. The highest BCUT2D eigenvalue weighted by molar-refractivity contribution is 7.89. The number of rotatable bonds is 7. The van der Waals surface area contributed by atoms with Crippen LogP contribution >= 0.6 is 0 Å². The van der Waals surface area contributed by atoms with Gasteiger partial charge in [-0.15, -0.1) is 0 Å². The summed E-state index contributed by atoms with van der Waals surface area (Å²) in [4.78, 5) is 14.9. The van der Waals surface area contributed by atoms with Crippen LogP contribution in [0.15, 0.2) is 59.5 Å². The number of nitrogens with one attached hydrogen (secondary N) is 1. The summed E-state index contributed by atoms with van der Waals surface area (Å²) >= 11 is 0. The van der Waals surface area contributed by atoms with Crippen molar-refractivity contribution in [3.8, 4) is 5.75 Å². The topological polar surface area (TPSA) is 75.7 Å². The lowest BCUT2D eigenvalue weighted by atomic mass is 9.89. The average molecular weight is 429 g/mol. The van der Waals surface area contributed by atoms with Crippen molar-refractivity contribution in [2.45, 2.75) is 37.2 Å². The fourth-order valence-corrected chi connectivity index (χ4v) is 6.04. The van der Waals surface area contributed by atoms with Crippen LogP contribution in [0.5, 0.6) is 5.75 Å². The van der Waals surface area contributed by atoms with E-state index in [9.17, 15) is 13.2 Å². The maximum absolute atomic E-state index is 12.7. The van der Waals surface area contributed by atoms with Crippen LogP contribution in [0.3, 0.4) is 0 Å². The molecule has 4 rings (SSSR count). The van der Waals surface area contributed by atoms with Crippen molar-refractivity contribution in [2.75, 3.05) is 13.7 Å². The molecule has 0 bridgehead atoms. The molecule has 1 saturated heterocycles. The summed E-state index contributed by atoms with van der Waals surface area (Å²) in [6.07, 6.45) is 1.41. The molecule has 1 amide bonds. The Labute approximate surface area is 178 Å². The van der Waals surface area contributed by atoms with E-state index < -0.39 is 10.0 Å². The number of hydrogen-bond acceptors (Lipinski definition) is 4. The van der Waals surface area contributed by atoms with Gasteiger partial charge in [-0.2, -0.15) is 0 Å². The van der Waals surface area contributed by atoms with Crippen LogP contribution in [0.4, 0.5) is 0 Å². The van der Waals surface area contributed by atoms with Gasteiger partial charge < -0.3 is 9.64 Å². The number of ether oxygens (including phenoxy) is 1. The highest BCUT2D eigenvalue weighted by Crippen LogP contribution is 2.46. The van der Waals surface area contributed by atoms with Crippen molar-refractivity contribution >= 4 is 15.9 Å². The van der Waals surface area contributed by atoms with Gasteiger partial charge in [-0.1, -0.05) is 37.3 Å². The molecule has 1 N–H and O–H groups in total. The molecule has 1 saturated carbocycles. The highest BCUT2D eigenvalue weighted by Gasteiger charge is 2.50. The number of methoxy groups -OCH3 is 1. The summed E-state index contributed by atoms with van der Waals surface area (Å²) in [6.45, 7) is 3.14. The van der Waals surface area contributed by atoms with Crippen molar-refractivity contribution in [1.82, 2.24) is 9.62 Å². The zero-order valence-corrected chi connectivity index (χ0v) is 18.1. The van der Waals surface area contributed by atoms with Crippen LogP contribution in [0.25, 0.3) is 0 Å². The van der Waals surface area contributed by atoms with Gasteiger partial charge >= 0.3 is 0 Å². The lowest BCUT2D eigenvalue weighted by Crippen LogP contribution is -2.34. The fraction of sp³-hybridized carbons (Fsp3) is 0.435. The van der Waals surface area contributed by atoms with Crippen LogP contribution in [-0.2, 0) is 21.4 Å². The van der Waals surface area contributed by atoms with Gasteiger partial charge in [-0.3, -0.25) is 4.79 Å². The molecule has 6 nitrogen and oxygen atoms in total. The number of carbonyl (C=O) groups excluding carboxylic acids is 1. The molecule has 0 spiro atoms. The summed E-state index contributed by atoms with van der Waals surface area (Å²) in [7, 11) is -2.06. The summed E-state index contributed by atoms with van der Waals surface area (Å²) in [5.74, 6) is 1.47. The third kappa shape index (κ3) is 4.09. The predicted molar refractivity (Wildman–Crippen MR) is 114 cm³/mol. The normalized spacial score (nSPS) is 26.1. The fourth-order valence-electron chi connectivity index (χ4n) is 4.97. The summed E-state index contributed by atoms with van der Waals surface area (Å²) < 4.78 is 33.3. The third-order valence-corrected chi connectivity index (χ3v) is 8.03. The smallest absolute Gasteiger partial charge is 0.240 e. The lowest BCUT2D eigenvalue weighted by Gasteiger charge is -2.24. The van der Waals surface area contributed by atoms with Crippen molar-refractivity contribution in [2.24, 2.45) is 17.8 Å². The molecule has 0 aromatic heterocycles. The van der Waals surface area contributed by atoms with E-state index >= 15 is 0 Å². The average Bonchev–Trinajstić information content (AvgIpc) is 3.21. The summed E-state index contributed by atoms with van der Waals surface area (Å²) in [5.41, 5.74) is 1.13. The van der Waals surface area contributed by atoms with E-state index in [1.165, 1.54) is 0 Å². The molecule has 30 heavy (non-hydrogen) atoms. The minimum atomic E-state index is -3.60.